The fraction of sp³-hybridized carbons (Fsp3) is 0.400. The molecule has 0 fully saturated rings. The Labute approximate surface area is 98.8 Å². The Morgan fingerprint density at radius 3 is 2.50 bits per heavy atom. The molecule has 0 heterocycles. The van der Waals surface area contributed by atoms with Crippen molar-refractivity contribution in [1.82, 2.24) is 0 Å². The van der Waals surface area contributed by atoms with Gasteiger partial charge in [-0.2, -0.15) is 13.2 Å². The number of nitrogens with two attached hydrogens (primary N) is 1. The fourth-order valence-electron chi connectivity index (χ4n) is 1.28. The number of hydrogen-bond acceptors (Lipinski definition) is 1. The molecule has 0 aromatic heterocycles. The first-order valence-corrected chi connectivity index (χ1v) is 5.37. The zero-order valence-corrected chi connectivity index (χ0v) is 9.78. The van der Waals surface area contributed by atoms with E-state index in [1.165, 1.54) is 18.2 Å². The van der Waals surface area contributed by atoms with Gasteiger partial charge in [-0.15, -0.1) is 0 Å². The van der Waals surface area contributed by atoms with Gasteiger partial charge in [-0.1, -0.05) is 12.1 Å². The lowest BCUT2D eigenvalue weighted by atomic mass is 10.0. The average Bonchev–Trinajstić information content (AvgIpc) is 2.17. The predicted molar refractivity (Wildman–Crippen MR) is 56.3 cm³/mol. The lowest BCUT2D eigenvalue weighted by Crippen LogP contribution is -2.17. The van der Waals surface area contributed by atoms with Crippen molar-refractivity contribution in [3.63, 3.8) is 0 Å². The van der Waals surface area contributed by atoms with Crippen molar-refractivity contribution in [3.8, 4) is 0 Å². The van der Waals surface area contributed by atoms with Crippen LogP contribution in [-0.4, -0.2) is 6.18 Å². The van der Waals surface area contributed by atoms with Gasteiger partial charge in [-0.25, -0.2) is 4.39 Å². The van der Waals surface area contributed by atoms with Gasteiger partial charge in [0.1, 0.15) is 5.82 Å². The monoisotopic (exact) mass is 299 g/mol. The molecule has 0 amide bonds. The number of hydrogen-bond donors (Lipinski definition) is 1. The van der Waals surface area contributed by atoms with Crippen LogP contribution in [0.25, 0.3) is 0 Å². The van der Waals surface area contributed by atoms with Gasteiger partial charge >= 0.3 is 6.18 Å². The summed E-state index contributed by atoms with van der Waals surface area (Å²) < 4.78 is 49.5. The third kappa shape index (κ3) is 3.75. The Kier molecular flexibility index (Phi) is 4.32. The number of benzene rings is 1. The number of halogens is 5. The maximum atomic E-state index is 13.5. The Bertz CT molecular complexity index is 364. The summed E-state index contributed by atoms with van der Waals surface area (Å²) >= 11 is 2.95. The highest BCUT2D eigenvalue weighted by Crippen LogP contribution is 2.29. The van der Waals surface area contributed by atoms with E-state index in [0.717, 1.165) is 0 Å². The molecular weight excluding hydrogens is 290 g/mol. The number of alkyl halides is 3. The van der Waals surface area contributed by atoms with Crippen LogP contribution in [0.15, 0.2) is 22.7 Å². The molecule has 1 nitrogen and oxygen atoms in total. The summed E-state index contributed by atoms with van der Waals surface area (Å²) in [7, 11) is 0. The van der Waals surface area contributed by atoms with E-state index in [1.54, 1.807) is 0 Å². The van der Waals surface area contributed by atoms with Gasteiger partial charge in [0.05, 0.1) is 4.47 Å². The molecule has 1 aromatic carbocycles. The van der Waals surface area contributed by atoms with E-state index in [1.807, 2.05) is 0 Å². The SMILES string of the molecule is NC(CCC(F)(F)F)c1cccc(Br)c1F. The molecule has 0 aliphatic heterocycles. The summed E-state index contributed by atoms with van der Waals surface area (Å²) in [5.41, 5.74) is 5.61. The molecule has 1 atom stereocenters. The molecule has 90 valence electrons. The van der Waals surface area contributed by atoms with Gasteiger partial charge < -0.3 is 5.73 Å². The molecule has 0 saturated carbocycles. The zero-order chi connectivity index (χ0) is 12.3. The minimum atomic E-state index is -4.26. The van der Waals surface area contributed by atoms with Crippen molar-refractivity contribution in [1.29, 1.82) is 0 Å². The van der Waals surface area contributed by atoms with Gasteiger partial charge in [0.25, 0.3) is 0 Å². The van der Waals surface area contributed by atoms with E-state index in [0.29, 0.717) is 0 Å². The summed E-state index contributed by atoms with van der Waals surface area (Å²) in [4.78, 5) is 0. The van der Waals surface area contributed by atoms with Gasteiger partial charge in [0, 0.05) is 18.0 Å². The molecule has 6 heteroatoms. The maximum absolute atomic E-state index is 13.5. The Morgan fingerprint density at radius 1 is 1.31 bits per heavy atom. The smallest absolute Gasteiger partial charge is 0.324 e. The molecule has 0 spiro atoms. The van der Waals surface area contributed by atoms with E-state index >= 15 is 0 Å². The first-order chi connectivity index (χ1) is 7.31. The Balaban J connectivity index is 2.73. The third-order valence-electron chi connectivity index (χ3n) is 2.12. The van der Waals surface area contributed by atoms with Crippen LogP contribution < -0.4 is 5.73 Å². The van der Waals surface area contributed by atoms with Crippen LogP contribution in [0.4, 0.5) is 17.6 Å². The molecule has 16 heavy (non-hydrogen) atoms. The molecule has 0 aliphatic rings. The summed E-state index contributed by atoms with van der Waals surface area (Å²) in [6, 6.07) is 3.45. The molecule has 2 N–H and O–H groups in total. The number of rotatable bonds is 3. The molecule has 0 bridgehead atoms. The summed E-state index contributed by atoms with van der Waals surface area (Å²) in [6.07, 6.45) is -5.60. The highest BCUT2D eigenvalue weighted by molar-refractivity contribution is 9.10. The molecule has 1 unspecified atom stereocenters. The first-order valence-electron chi connectivity index (χ1n) is 4.57. The summed E-state index contributed by atoms with van der Waals surface area (Å²) in [5, 5.41) is 0. The standard InChI is InChI=1S/C10H10BrF4N/c11-7-3-1-2-6(9(7)12)8(16)4-5-10(13,14)15/h1-3,8H,4-5,16H2. The van der Waals surface area contributed by atoms with Crippen molar-refractivity contribution in [3.05, 3.63) is 34.1 Å². The van der Waals surface area contributed by atoms with E-state index in [2.05, 4.69) is 15.9 Å². The summed E-state index contributed by atoms with van der Waals surface area (Å²) in [6.45, 7) is 0. The van der Waals surface area contributed by atoms with Crippen LogP contribution in [0.1, 0.15) is 24.4 Å². The van der Waals surface area contributed by atoms with Crippen molar-refractivity contribution in [2.75, 3.05) is 0 Å². The molecule has 0 aliphatic carbocycles. The third-order valence-corrected chi connectivity index (χ3v) is 2.73. The van der Waals surface area contributed by atoms with Crippen molar-refractivity contribution in [2.45, 2.75) is 25.1 Å². The minimum absolute atomic E-state index is 0.0959. The summed E-state index contributed by atoms with van der Waals surface area (Å²) in [5.74, 6) is -0.600. The van der Waals surface area contributed by atoms with Crippen LogP contribution >= 0.6 is 15.9 Å². The first kappa shape index (κ1) is 13.4. The van der Waals surface area contributed by atoms with Crippen molar-refractivity contribution in [2.24, 2.45) is 5.73 Å². The van der Waals surface area contributed by atoms with Crippen molar-refractivity contribution >= 4 is 15.9 Å². The van der Waals surface area contributed by atoms with Crippen LogP contribution in [0.5, 0.6) is 0 Å². The highest BCUT2D eigenvalue weighted by Gasteiger charge is 2.28. The second-order valence-corrected chi connectivity index (χ2v) is 4.26. The largest absolute Gasteiger partial charge is 0.389 e. The topological polar surface area (TPSA) is 26.0 Å². The second-order valence-electron chi connectivity index (χ2n) is 3.40. The fourth-order valence-corrected chi connectivity index (χ4v) is 1.66. The second kappa shape index (κ2) is 5.14. The van der Waals surface area contributed by atoms with Crippen LogP contribution in [0, 0.1) is 5.82 Å². The Hall–Kier alpha value is -0.620. The van der Waals surface area contributed by atoms with Crippen LogP contribution in [0.3, 0.4) is 0 Å². The minimum Gasteiger partial charge on any atom is -0.324 e. The Morgan fingerprint density at radius 2 is 1.94 bits per heavy atom. The van der Waals surface area contributed by atoms with E-state index in [4.69, 9.17) is 5.73 Å². The van der Waals surface area contributed by atoms with Crippen LogP contribution in [0.2, 0.25) is 0 Å². The zero-order valence-electron chi connectivity index (χ0n) is 8.19. The average molecular weight is 300 g/mol. The molecular formula is C10H10BrF4N. The van der Waals surface area contributed by atoms with E-state index < -0.39 is 24.5 Å². The molecule has 1 aromatic rings. The predicted octanol–water partition coefficient (Wildman–Crippen LogP) is 3.93. The van der Waals surface area contributed by atoms with Gasteiger partial charge in [0.15, 0.2) is 0 Å². The van der Waals surface area contributed by atoms with Crippen molar-refractivity contribution < 1.29 is 17.6 Å². The normalized spacial score (nSPS) is 13.9. The maximum Gasteiger partial charge on any atom is 0.389 e. The molecule has 0 radical (unpaired) electrons. The molecule has 0 saturated heterocycles. The lowest BCUT2D eigenvalue weighted by molar-refractivity contribution is -0.136. The molecule has 1 rings (SSSR count). The quantitative estimate of drug-likeness (QED) is 0.841. The van der Waals surface area contributed by atoms with Gasteiger partial charge in [-0.3, -0.25) is 0 Å². The highest BCUT2D eigenvalue weighted by atomic mass is 79.9. The van der Waals surface area contributed by atoms with Gasteiger partial charge in [-0.05, 0) is 28.4 Å². The van der Waals surface area contributed by atoms with Gasteiger partial charge in [0.2, 0.25) is 0 Å². The van der Waals surface area contributed by atoms with Crippen LogP contribution in [-0.2, 0) is 0 Å². The van der Waals surface area contributed by atoms with E-state index in [9.17, 15) is 17.6 Å². The lowest BCUT2D eigenvalue weighted by Gasteiger charge is -2.14. The van der Waals surface area contributed by atoms with E-state index in [-0.39, 0.29) is 16.5 Å².